The lowest BCUT2D eigenvalue weighted by atomic mass is 10.0. The topological polar surface area (TPSA) is 60.2 Å². The van der Waals surface area contributed by atoms with Crippen LogP contribution in [0.3, 0.4) is 0 Å². The lowest BCUT2D eigenvalue weighted by molar-refractivity contribution is -0.385. The summed E-state index contributed by atoms with van der Waals surface area (Å²) < 4.78 is 50.5. The van der Waals surface area contributed by atoms with Crippen LogP contribution in [0, 0.1) is 13.3 Å². The fourth-order valence-corrected chi connectivity index (χ4v) is 5.02. The number of alkyl halides is 3. The average Bonchev–Trinajstić information content (AvgIpc) is 2.81. The smallest absolute Gasteiger partial charge is 0.258 e. The molecule has 0 atom stereocenters. The molecule has 0 aliphatic rings. The van der Waals surface area contributed by atoms with Crippen molar-refractivity contribution in [2.75, 3.05) is 0 Å². The number of rotatable bonds is 3. The van der Waals surface area contributed by atoms with Crippen LogP contribution in [-0.4, -0.2) is 9.13 Å². The highest BCUT2D eigenvalue weighted by molar-refractivity contribution is 7.65. The molecule has 1 heterocycles. The van der Waals surface area contributed by atoms with Crippen molar-refractivity contribution < 1.29 is 22.3 Å². The number of nitro benzene ring substituents is 1. The number of aryl methyl sites for hydroxylation is 1. The molecule has 0 radical (unpaired) electrons. The van der Waals surface area contributed by atoms with Gasteiger partial charge >= 0.3 is 6.18 Å². The Balaban J connectivity index is 3.00. The van der Waals surface area contributed by atoms with Crippen molar-refractivity contribution in [2.24, 2.45) is 0 Å². The van der Waals surface area contributed by atoms with Crippen molar-refractivity contribution in [1.29, 1.82) is 0 Å². The van der Waals surface area contributed by atoms with E-state index in [0.717, 1.165) is 22.7 Å². The number of nitro groups is 1. The third-order valence-corrected chi connectivity index (χ3v) is 6.05. The first-order chi connectivity index (χ1) is 9.79. The molecular formula is C11H8F3NO3S3. The Kier molecular flexibility index (Phi) is 4.49. The summed E-state index contributed by atoms with van der Waals surface area (Å²) >= 11 is 1.73. The second kappa shape index (κ2) is 5.85. The first kappa shape index (κ1) is 16.1. The van der Waals surface area contributed by atoms with Crippen LogP contribution in [0.1, 0.15) is 24.5 Å². The van der Waals surface area contributed by atoms with Gasteiger partial charge in [0.25, 0.3) is 5.69 Å². The molecule has 0 N–H and O–H groups in total. The van der Waals surface area contributed by atoms with Gasteiger partial charge in [0.15, 0.2) is 3.14 Å². The van der Waals surface area contributed by atoms with E-state index in [1.54, 1.807) is 6.92 Å². The van der Waals surface area contributed by atoms with Crippen LogP contribution in [0.25, 0.3) is 9.40 Å². The number of fused-ring (bicyclic) bond motifs is 1. The van der Waals surface area contributed by atoms with Crippen LogP contribution < -0.4 is 0 Å². The minimum absolute atomic E-state index is 0.0973. The maximum Gasteiger partial charge on any atom is 0.418 e. The second-order valence-corrected chi connectivity index (χ2v) is 7.51. The van der Waals surface area contributed by atoms with E-state index >= 15 is 0 Å². The fourth-order valence-electron chi connectivity index (χ4n) is 1.96. The van der Waals surface area contributed by atoms with Crippen LogP contribution in [-0.2, 0) is 23.9 Å². The number of hydrogen-bond donors (Lipinski definition) is 0. The Morgan fingerprint density at radius 3 is 2.43 bits per heavy atom. The van der Waals surface area contributed by atoms with E-state index in [1.807, 2.05) is 0 Å². The Morgan fingerprint density at radius 1 is 1.33 bits per heavy atom. The normalized spacial score (nSPS) is 11.8. The molecule has 10 heteroatoms. The van der Waals surface area contributed by atoms with Crippen LogP contribution in [0.5, 0.6) is 0 Å². The number of hydrogen-bond acceptors (Lipinski definition) is 5. The van der Waals surface area contributed by atoms with Gasteiger partial charge in [-0.25, -0.2) is 4.21 Å². The largest absolute Gasteiger partial charge is 0.418 e. The number of halogens is 3. The summed E-state index contributed by atoms with van der Waals surface area (Å²) in [5, 5.41) is 11.1. The van der Waals surface area contributed by atoms with Crippen LogP contribution in [0.15, 0.2) is 6.07 Å². The summed E-state index contributed by atoms with van der Waals surface area (Å²) in [6.45, 7) is 1.79. The molecule has 0 fully saturated rings. The van der Waals surface area contributed by atoms with E-state index in [2.05, 4.69) is 0 Å². The molecule has 2 rings (SSSR count). The Morgan fingerprint density at radius 2 is 1.95 bits per heavy atom. The highest BCUT2D eigenvalue weighted by Gasteiger charge is 2.37. The quantitative estimate of drug-likeness (QED) is 0.460. The monoisotopic (exact) mass is 355 g/mol. The molecule has 4 nitrogen and oxygen atoms in total. The van der Waals surface area contributed by atoms with Gasteiger partial charge < -0.3 is 0 Å². The lowest BCUT2D eigenvalue weighted by Gasteiger charge is -2.10. The fraction of sp³-hybridized carbons (Fsp3) is 0.364. The van der Waals surface area contributed by atoms with Gasteiger partial charge in [0.05, 0.1) is 19.9 Å². The molecule has 1 aromatic heterocycles. The molecule has 0 aliphatic heterocycles. The van der Waals surface area contributed by atoms with Crippen LogP contribution in [0.4, 0.5) is 18.9 Å². The van der Waals surface area contributed by atoms with Crippen molar-refractivity contribution >= 4 is 49.0 Å². The zero-order chi connectivity index (χ0) is 15.8. The maximum absolute atomic E-state index is 13.1. The van der Waals surface area contributed by atoms with Crippen LogP contribution >= 0.6 is 22.7 Å². The molecule has 1 aromatic carbocycles. The van der Waals surface area contributed by atoms with Gasteiger partial charge in [-0.3, -0.25) is 10.1 Å². The first-order valence-corrected chi connectivity index (χ1v) is 8.11. The summed E-state index contributed by atoms with van der Waals surface area (Å²) in [6.07, 6.45) is -3.85. The Bertz CT molecular complexity index is 803. The predicted molar refractivity (Wildman–Crippen MR) is 76.7 cm³/mol. The van der Waals surface area contributed by atoms with Gasteiger partial charge in [-0.15, -0.1) is 22.7 Å². The Labute approximate surface area is 128 Å². The van der Waals surface area contributed by atoms with E-state index in [-0.39, 0.29) is 29.4 Å². The number of benzene rings is 1. The zero-order valence-electron chi connectivity index (χ0n) is 10.5. The summed E-state index contributed by atoms with van der Waals surface area (Å²) in [4.78, 5) is 10.3. The van der Waals surface area contributed by atoms with E-state index in [9.17, 15) is 27.5 Å². The van der Waals surface area contributed by atoms with E-state index in [0.29, 0.717) is 18.9 Å². The molecule has 0 spiro atoms. The van der Waals surface area contributed by atoms with Crippen LogP contribution in [0.2, 0.25) is 0 Å². The molecule has 0 amide bonds. The molecule has 114 valence electrons. The standard InChI is InChI=1S/C11H8F3NO3S3/c1-2-3-5-7(15(16)17)4-6(11(12,13)14)9-8(5)19-10(20-9)21-18/h4H,2-3H2,1H3. The minimum atomic E-state index is -4.70. The molecule has 0 saturated carbocycles. The third-order valence-electron chi connectivity index (χ3n) is 2.76. The molecular weight excluding hydrogens is 347 g/mol. The van der Waals surface area contributed by atoms with Gasteiger partial charge in [0.1, 0.15) is 11.3 Å². The highest BCUT2D eigenvalue weighted by Crippen LogP contribution is 2.44. The van der Waals surface area contributed by atoms with Crippen molar-refractivity contribution in [1.82, 2.24) is 0 Å². The maximum atomic E-state index is 13.1. The van der Waals surface area contributed by atoms with Crippen molar-refractivity contribution in [3.63, 3.8) is 0 Å². The second-order valence-electron chi connectivity index (χ2n) is 4.12. The van der Waals surface area contributed by atoms with Gasteiger partial charge in [-0.2, -0.15) is 13.2 Å². The highest BCUT2D eigenvalue weighted by atomic mass is 32.2. The van der Waals surface area contributed by atoms with E-state index in [4.69, 9.17) is 0 Å². The third kappa shape index (κ3) is 3.01. The van der Waals surface area contributed by atoms with Gasteiger partial charge in [0, 0.05) is 11.6 Å². The molecule has 21 heavy (non-hydrogen) atoms. The van der Waals surface area contributed by atoms with E-state index < -0.39 is 22.4 Å². The minimum Gasteiger partial charge on any atom is -0.258 e. The molecule has 2 aromatic rings. The summed E-state index contributed by atoms with van der Waals surface area (Å²) in [5.41, 5.74) is -1.31. The van der Waals surface area contributed by atoms with Crippen molar-refractivity contribution in [3.8, 4) is 0 Å². The van der Waals surface area contributed by atoms with Gasteiger partial charge in [-0.1, -0.05) is 13.3 Å². The average molecular weight is 355 g/mol. The molecule has 0 saturated heterocycles. The van der Waals surface area contributed by atoms with E-state index in [1.165, 1.54) is 0 Å². The van der Waals surface area contributed by atoms with Crippen molar-refractivity contribution in [2.45, 2.75) is 25.9 Å². The Hall–Kier alpha value is -1.26. The van der Waals surface area contributed by atoms with Crippen molar-refractivity contribution in [3.05, 3.63) is 30.4 Å². The zero-order valence-corrected chi connectivity index (χ0v) is 13.0. The summed E-state index contributed by atoms with van der Waals surface area (Å²) in [7, 11) is 0. The SMILES string of the molecule is CCCc1c([N+](=O)[O-])cc(C(F)(F)F)c2sc(=S=O)sc12. The molecule has 0 aliphatic carbocycles. The van der Waals surface area contributed by atoms with Gasteiger partial charge in [0.2, 0.25) is 0 Å². The predicted octanol–water partition coefficient (Wildman–Crippen LogP) is 4.59. The lowest BCUT2D eigenvalue weighted by Crippen LogP contribution is -2.07. The molecule has 0 unspecified atom stereocenters. The number of nitrogens with zero attached hydrogens (tertiary/aromatic N) is 1. The molecule has 0 bridgehead atoms. The van der Waals surface area contributed by atoms with Gasteiger partial charge in [-0.05, 0) is 6.42 Å². The summed E-state index contributed by atoms with van der Waals surface area (Å²) in [5.74, 6) is 0. The first-order valence-electron chi connectivity index (χ1n) is 5.73. The summed E-state index contributed by atoms with van der Waals surface area (Å²) in [6, 6.07) is 0.579.